The Balaban J connectivity index is 2.06. The molecule has 7 nitrogen and oxygen atoms in total. The fourth-order valence-corrected chi connectivity index (χ4v) is 1.84. The Morgan fingerprint density at radius 1 is 1.24 bits per heavy atom. The van der Waals surface area contributed by atoms with Crippen LogP contribution in [0.15, 0.2) is 30.6 Å². The van der Waals surface area contributed by atoms with Gasteiger partial charge in [-0.1, -0.05) is 12.1 Å². The third-order valence-electron chi connectivity index (χ3n) is 2.86. The van der Waals surface area contributed by atoms with Gasteiger partial charge in [-0.25, -0.2) is 14.4 Å². The number of anilines is 2. The molecule has 1 heterocycles. The monoisotopic (exact) mass is 291 g/mol. The lowest BCUT2D eigenvalue weighted by molar-refractivity contribution is -0.383. The van der Waals surface area contributed by atoms with Crippen LogP contribution < -0.4 is 10.6 Å². The van der Waals surface area contributed by atoms with E-state index in [1.807, 2.05) is 0 Å². The van der Waals surface area contributed by atoms with Gasteiger partial charge in [0, 0.05) is 13.6 Å². The molecule has 1 aromatic heterocycles. The molecular formula is C13H14FN5O2. The summed E-state index contributed by atoms with van der Waals surface area (Å²) in [6, 6.07) is 6.10. The number of aromatic nitrogens is 2. The fraction of sp³-hybridized carbons (Fsp3) is 0.231. The maximum atomic E-state index is 12.8. The van der Waals surface area contributed by atoms with E-state index in [1.54, 1.807) is 19.2 Å². The van der Waals surface area contributed by atoms with Crippen molar-refractivity contribution in [2.45, 2.75) is 6.42 Å². The first-order valence-corrected chi connectivity index (χ1v) is 6.27. The van der Waals surface area contributed by atoms with Crippen molar-refractivity contribution >= 4 is 17.3 Å². The van der Waals surface area contributed by atoms with Crippen molar-refractivity contribution in [3.63, 3.8) is 0 Å². The van der Waals surface area contributed by atoms with Gasteiger partial charge in [0.25, 0.3) is 0 Å². The zero-order valence-electron chi connectivity index (χ0n) is 11.3. The Labute approximate surface area is 120 Å². The summed E-state index contributed by atoms with van der Waals surface area (Å²) in [4.78, 5) is 18.2. The number of nitrogens with one attached hydrogen (secondary N) is 2. The fourth-order valence-electron chi connectivity index (χ4n) is 1.84. The maximum absolute atomic E-state index is 12.8. The predicted octanol–water partition coefficient (Wildman–Crippen LogP) is 2.22. The summed E-state index contributed by atoms with van der Waals surface area (Å²) < 4.78 is 12.8. The number of hydrogen-bond donors (Lipinski definition) is 2. The lowest BCUT2D eigenvalue weighted by Crippen LogP contribution is -2.10. The molecule has 0 amide bonds. The number of nitrogens with zero attached hydrogens (tertiary/aromatic N) is 3. The number of benzene rings is 1. The number of nitro groups is 1. The van der Waals surface area contributed by atoms with Gasteiger partial charge in [-0.3, -0.25) is 10.1 Å². The van der Waals surface area contributed by atoms with Gasteiger partial charge in [0.05, 0.1) is 4.92 Å². The van der Waals surface area contributed by atoms with E-state index in [1.165, 1.54) is 18.5 Å². The zero-order valence-corrected chi connectivity index (χ0v) is 11.3. The summed E-state index contributed by atoms with van der Waals surface area (Å²) in [6.45, 7) is 0.437. The zero-order chi connectivity index (χ0) is 15.2. The van der Waals surface area contributed by atoms with E-state index in [4.69, 9.17) is 0 Å². The van der Waals surface area contributed by atoms with E-state index in [9.17, 15) is 14.5 Å². The Morgan fingerprint density at radius 3 is 2.52 bits per heavy atom. The van der Waals surface area contributed by atoms with Gasteiger partial charge in [0.2, 0.25) is 11.6 Å². The third kappa shape index (κ3) is 3.62. The van der Waals surface area contributed by atoms with Crippen molar-refractivity contribution in [1.82, 2.24) is 9.97 Å². The molecule has 0 radical (unpaired) electrons. The minimum absolute atomic E-state index is 0.152. The molecule has 0 fully saturated rings. The van der Waals surface area contributed by atoms with Gasteiger partial charge >= 0.3 is 5.69 Å². The lowest BCUT2D eigenvalue weighted by atomic mass is 10.1. The van der Waals surface area contributed by atoms with E-state index in [-0.39, 0.29) is 23.1 Å². The van der Waals surface area contributed by atoms with Gasteiger partial charge in [-0.2, -0.15) is 0 Å². The van der Waals surface area contributed by atoms with Crippen molar-refractivity contribution in [1.29, 1.82) is 0 Å². The molecule has 2 aromatic rings. The first-order valence-electron chi connectivity index (χ1n) is 6.27. The second kappa shape index (κ2) is 6.60. The lowest BCUT2D eigenvalue weighted by Gasteiger charge is -2.08. The molecule has 1 aromatic carbocycles. The average Bonchev–Trinajstić information content (AvgIpc) is 2.48. The standard InChI is InChI=1S/C13H14FN5O2/c1-15-12-11(19(20)21)13(18-8-17-12)16-7-6-9-2-4-10(14)5-3-9/h2-5,8H,6-7H2,1H3,(H2,15,16,17,18). The Kier molecular flexibility index (Phi) is 4.60. The molecule has 0 atom stereocenters. The summed E-state index contributed by atoms with van der Waals surface area (Å²) in [5.74, 6) is 0.0116. The minimum Gasteiger partial charge on any atom is -0.367 e. The van der Waals surface area contributed by atoms with Crippen LogP contribution in [0.25, 0.3) is 0 Å². The molecule has 0 spiro atoms. The second-order valence-electron chi connectivity index (χ2n) is 4.23. The molecule has 0 unspecified atom stereocenters. The van der Waals surface area contributed by atoms with Crippen molar-refractivity contribution in [2.24, 2.45) is 0 Å². The van der Waals surface area contributed by atoms with Crippen LogP contribution in [0.2, 0.25) is 0 Å². The largest absolute Gasteiger partial charge is 0.367 e. The van der Waals surface area contributed by atoms with Crippen LogP contribution in [0, 0.1) is 15.9 Å². The van der Waals surface area contributed by atoms with Crippen LogP contribution in [-0.4, -0.2) is 28.5 Å². The van der Waals surface area contributed by atoms with Crippen molar-refractivity contribution in [2.75, 3.05) is 24.2 Å². The van der Waals surface area contributed by atoms with Crippen LogP contribution in [0.5, 0.6) is 0 Å². The van der Waals surface area contributed by atoms with Gasteiger partial charge in [-0.15, -0.1) is 0 Å². The Bertz CT molecular complexity index is 633. The average molecular weight is 291 g/mol. The van der Waals surface area contributed by atoms with Gasteiger partial charge < -0.3 is 10.6 Å². The van der Waals surface area contributed by atoms with E-state index in [0.717, 1.165) is 5.56 Å². The van der Waals surface area contributed by atoms with Gasteiger partial charge in [0.15, 0.2) is 0 Å². The van der Waals surface area contributed by atoms with E-state index in [2.05, 4.69) is 20.6 Å². The molecule has 2 N–H and O–H groups in total. The van der Waals surface area contributed by atoms with Crippen LogP contribution in [0.4, 0.5) is 21.7 Å². The molecule has 0 aliphatic heterocycles. The highest BCUT2D eigenvalue weighted by atomic mass is 19.1. The van der Waals surface area contributed by atoms with Crippen LogP contribution in [0.1, 0.15) is 5.56 Å². The summed E-state index contributed by atoms with van der Waals surface area (Å²) in [6.07, 6.45) is 1.84. The molecular weight excluding hydrogens is 277 g/mol. The molecule has 21 heavy (non-hydrogen) atoms. The highest BCUT2D eigenvalue weighted by Gasteiger charge is 2.21. The first-order chi connectivity index (χ1) is 10.1. The summed E-state index contributed by atoms with van der Waals surface area (Å²) in [5.41, 5.74) is 0.730. The predicted molar refractivity (Wildman–Crippen MR) is 76.8 cm³/mol. The first kappa shape index (κ1) is 14.6. The number of hydrogen-bond acceptors (Lipinski definition) is 6. The molecule has 0 saturated carbocycles. The van der Waals surface area contributed by atoms with E-state index in [0.29, 0.717) is 13.0 Å². The molecule has 8 heteroatoms. The quantitative estimate of drug-likeness (QED) is 0.626. The summed E-state index contributed by atoms with van der Waals surface area (Å²) in [5, 5.41) is 16.6. The Hall–Kier alpha value is -2.77. The number of halogens is 1. The molecule has 0 aliphatic carbocycles. The third-order valence-corrected chi connectivity index (χ3v) is 2.86. The van der Waals surface area contributed by atoms with Gasteiger partial charge in [0.1, 0.15) is 12.1 Å². The Morgan fingerprint density at radius 2 is 1.90 bits per heavy atom. The highest BCUT2D eigenvalue weighted by molar-refractivity contribution is 5.68. The van der Waals surface area contributed by atoms with Crippen molar-refractivity contribution in [3.05, 3.63) is 52.1 Å². The molecule has 0 aliphatic rings. The van der Waals surface area contributed by atoms with E-state index >= 15 is 0 Å². The molecule has 0 saturated heterocycles. The summed E-state index contributed by atoms with van der Waals surface area (Å²) >= 11 is 0. The normalized spacial score (nSPS) is 10.2. The molecule has 2 rings (SSSR count). The SMILES string of the molecule is CNc1ncnc(NCCc2ccc(F)cc2)c1[N+](=O)[O-]. The summed E-state index contributed by atoms with van der Waals surface area (Å²) in [7, 11) is 1.55. The smallest absolute Gasteiger partial charge is 0.353 e. The van der Waals surface area contributed by atoms with E-state index < -0.39 is 4.92 Å². The molecule has 110 valence electrons. The van der Waals surface area contributed by atoms with Gasteiger partial charge in [-0.05, 0) is 24.1 Å². The highest BCUT2D eigenvalue weighted by Crippen LogP contribution is 2.28. The van der Waals surface area contributed by atoms with Crippen molar-refractivity contribution in [3.8, 4) is 0 Å². The minimum atomic E-state index is -0.536. The maximum Gasteiger partial charge on any atom is 0.353 e. The van der Waals surface area contributed by atoms with Crippen molar-refractivity contribution < 1.29 is 9.31 Å². The van der Waals surface area contributed by atoms with Crippen LogP contribution in [0.3, 0.4) is 0 Å². The van der Waals surface area contributed by atoms with Crippen LogP contribution >= 0.6 is 0 Å². The topological polar surface area (TPSA) is 93.0 Å². The molecule has 0 bridgehead atoms. The second-order valence-corrected chi connectivity index (χ2v) is 4.23. The van der Waals surface area contributed by atoms with Crippen LogP contribution in [-0.2, 0) is 6.42 Å². The number of rotatable bonds is 6.